The average molecular weight is 402 g/mol. The van der Waals surface area contributed by atoms with Crippen LogP contribution in [0, 0.1) is 6.92 Å². The maximum atomic E-state index is 13.2. The van der Waals surface area contributed by atoms with Crippen LogP contribution in [0.3, 0.4) is 0 Å². The molecule has 0 saturated carbocycles. The minimum absolute atomic E-state index is 0.0489. The summed E-state index contributed by atoms with van der Waals surface area (Å²) in [4.78, 5) is 19.7. The van der Waals surface area contributed by atoms with E-state index >= 15 is 0 Å². The van der Waals surface area contributed by atoms with Crippen molar-refractivity contribution in [1.82, 2.24) is 9.88 Å². The van der Waals surface area contributed by atoms with Crippen molar-refractivity contribution in [3.8, 4) is 0 Å². The highest BCUT2D eigenvalue weighted by Crippen LogP contribution is 2.37. The molecule has 1 saturated heterocycles. The van der Waals surface area contributed by atoms with E-state index < -0.39 is 10.0 Å². The zero-order chi connectivity index (χ0) is 19.2. The number of aromatic nitrogens is 1. The Labute approximate surface area is 161 Å². The molecule has 0 radical (unpaired) electrons. The summed E-state index contributed by atoms with van der Waals surface area (Å²) in [5.74, 6) is -0.181. The second-order valence-electron chi connectivity index (χ2n) is 6.70. The lowest BCUT2D eigenvalue weighted by Crippen LogP contribution is -2.31. The molecule has 0 aliphatic carbocycles. The Morgan fingerprint density at radius 3 is 2.78 bits per heavy atom. The highest BCUT2D eigenvalue weighted by atomic mass is 32.2. The molecule has 3 aromatic rings. The number of likely N-dealkylation sites (tertiary alicyclic amines) is 1. The first-order valence-corrected chi connectivity index (χ1v) is 11.0. The molecular weight excluding hydrogens is 382 g/mol. The summed E-state index contributed by atoms with van der Waals surface area (Å²) in [6.07, 6.45) is 1.74. The van der Waals surface area contributed by atoms with E-state index in [1.807, 2.05) is 24.3 Å². The summed E-state index contributed by atoms with van der Waals surface area (Å²) in [5.41, 5.74) is 2.03. The van der Waals surface area contributed by atoms with Crippen molar-refractivity contribution in [3.63, 3.8) is 0 Å². The van der Waals surface area contributed by atoms with Gasteiger partial charge in [0.2, 0.25) is 10.0 Å². The minimum atomic E-state index is -3.86. The number of fused-ring (bicyclic) bond motifs is 1. The van der Waals surface area contributed by atoms with Gasteiger partial charge in [-0.3, -0.25) is 4.79 Å². The molecule has 0 spiro atoms. The van der Waals surface area contributed by atoms with Crippen LogP contribution in [0.2, 0.25) is 0 Å². The molecule has 1 aliphatic heterocycles. The van der Waals surface area contributed by atoms with Crippen LogP contribution in [-0.4, -0.2) is 30.8 Å². The molecule has 6 nitrogen and oxygen atoms in total. The van der Waals surface area contributed by atoms with Gasteiger partial charge in [-0.1, -0.05) is 18.2 Å². The molecule has 1 fully saturated rings. The molecule has 140 valence electrons. The van der Waals surface area contributed by atoms with Crippen LogP contribution in [0.4, 0.5) is 0 Å². The van der Waals surface area contributed by atoms with Crippen LogP contribution >= 0.6 is 11.3 Å². The fourth-order valence-electron chi connectivity index (χ4n) is 3.46. The SMILES string of the molecule is Cc1ccc(S(N)(=O)=O)cc1C(=O)N1CCC[C@H]1c1nc2ccccc2s1. The summed E-state index contributed by atoms with van der Waals surface area (Å²) >= 11 is 1.60. The number of hydrogen-bond acceptors (Lipinski definition) is 5. The number of nitrogens with two attached hydrogens (primary N) is 1. The molecule has 1 aliphatic rings. The van der Waals surface area contributed by atoms with Crippen LogP contribution in [0.15, 0.2) is 47.4 Å². The third-order valence-electron chi connectivity index (χ3n) is 4.88. The highest BCUT2D eigenvalue weighted by Gasteiger charge is 2.33. The summed E-state index contributed by atoms with van der Waals surface area (Å²) in [5, 5.41) is 6.15. The van der Waals surface area contributed by atoms with Gasteiger partial charge in [-0.2, -0.15) is 0 Å². The van der Waals surface area contributed by atoms with E-state index in [9.17, 15) is 13.2 Å². The monoisotopic (exact) mass is 401 g/mol. The van der Waals surface area contributed by atoms with Gasteiger partial charge in [-0.25, -0.2) is 18.5 Å². The van der Waals surface area contributed by atoms with E-state index in [0.717, 1.165) is 33.6 Å². The zero-order valence-electron chi connectivity index (χ0n) is 14.8. The molecule has 2 heterocycles. The molecule has 1 amide bonds. The summed E-state index contributed by atoms with van der Waals surface area (Å²) in [6.45, 7) is 2.42. The fraction of sp³-hybridized carbons (Fsp3) is 0.263. The number of thiazole rings is 1. The van der Waals surface area contributed by atoms with E-state index in [1.165, 1.54) is 12.1 Å². The van der Waals surface area contributed by atoms with E-state index in [1.54, 1.807) is 29.2 Å². The number of rotatable bonds is 3. The van der Waals surface area contributed by atoms with Gasteiger partial charge in [0.05, 0.1) is 21.2 Å². The molecule has 1 aromatic heterocycles. The molecular formula is C19H19N3O3S2. The molecule has 1 atom stereocenters. The predicted octanol–water partition coefficient (Wildman–Crippen LogP) is 3.23. The lowest BCUT2D eigenvalue weighted by molar-refractivity contribution is 0.0734. The predicted molar refractivity (Wildman–Crippen MR) is 105 cm³/mol. The summed E-state index contributed by atoms with van der Waals surface area (Å²) in [6, 6.07) is 12.3. The van der Waals surface area contributed by atoms with Gasteiger partial charge in [-0.15, -0.1) is 11.3 Å². The first-order valence-electron chi connectivity index (χ1n) is 8.64. The quantitative estimate of drug-likeness (QED) is 0.729. The van der Waals surface area contributed by atoms with Crippen molar-refractivity contribution in [1.29, 1.82) is 0 Å². The van der Waals surface area contributed by atoms with Crippen molar-refractivity contribution < 1.29 is 13.2 Å². The van der Waals surface area contributed by atoms with Gasteiger partial charge in [0.1, 0.15) is 5.01 Å². The van der Waals surface area contributed by atoms with Crippen molar-refractivity contribution in [2.45, 2.75) is 30.7 Å². The standard InChI is InChI=1S/C19H19N3O3S2/c1-12-8-9-13(27(20,24)25)11-14(12)19(23)22-10-4-6-16(22)18-21-15-5-2-3-7-17(15)26-18/h2-3,5,7-9,11,16H,4,6,10H2,1H3,(H2,20,24,25)/t16-/m0/s1. The Kier molecular flexibility index (Phi) is 4.49. The topological polar surface area (TPSA) is 93.4 Å². The number of primary sulfonamides is 1. The second kappa shape index (κ2) is 6.70. The Morgan fingerprint density at radius 1 is 1.26 bits per heavy atom. The van der Waals surface area contributed by atoms with E-state index in [4.69, 9.17) is 10.1 Å². The Morgan fingerprint density at radius 2 is 2.04 bits per heavy atom. The van der Waals surface area contributed by atoms with Crippen molar-refractivity contribution in [2.75, 3.05) is 6.54 Å². The summed E-state index contributed by atoms with van der Waals surface area (Å²) < 4.78 is 24.4. The number of carbonyl (C=O) groups excluding carboxylic acids is 1. The van der Waals surface area contributed by atoms with E-state index in [-0.39, 0.29) is 16.8 Å². The number of sulfonamides is 1. The normalized spacial score (nSPS) is 17.6. The number of carbonyl (C=O) groups is 1. The molecule has 2 N–H and O–H groups in total. The number of amides is 1. The van der Waals surface area contributed by atoms with Gasteiger partial charge in [0, 0.05) is 12.1 Å². The van der Waals surface area contributed by atoms with Gasteiger partial charge >= 0.3 is 0 Å². The molecule has 27 heavy (non-hydrogen) atoms. The molecule has 0 bridgehead atoms. The third-order valence-corrected chi connectivity index (χ3v) is 6.93. The lowest BCUT2D eigenvalue weighted by atomic mass is 10.1. The second-order valence-corrected chi connectivity index (χ2v) is 9.32. The van der Waals surface area contributed by atoms with Crippen molar-refractivity contribution in [3.05, 3.63) is 58.6 Å². The van der Waals surface area contributed by atoms with Crippen LogP contribution in [0.5, 0.6) is 0 Å². The third kappa shape index (κ3) is 3.36. The van der Waals surface area contributed by atoms with Gasteiger partial charge in [0.15, 0.2) is 0 Å². The van der Waals surface area contributed by atoms with Gasteiger partial charge in [0.25, 0.3) is 5.91 Å². The Hall–Kier alpha value is -2.29. The maximum absolute atomic E-state index is 13.2. The van der Waals surface area contributed by atoms with E-state index in [0.29, 0.717) is 12.1 Å². The number of hydrogen-bond donors (Lipinski definition) is 1. The number of para-hydroxylation sites is 1. The van der Waals surface area contributed by atoms with E-state index in [2.05, 4.69) is 0 Å². The average Bonchev–Trinajstić information content (AvgIpc) is 3.27. The zero-order valence-corrected chi connectivity index (χ0v) is 16.4. The first-order chi connectivity index (χ1) is 12.8. The number of aryl methyl sites for hydroxylation is 1. The van der Waals surface area contributed by atoms with Gasteiger partial charge in [-0.05, 0) is 49.6 Å². The number of benzene rings is 2. The first kappa shape index (κ1) is 18.1. The Balaban J connectivity index is 1.71. The van der Waals surface area contributed by atoms with Gasteiger partial charge < -0.3 is 4.90 Å². The molecule has 4 rings (SSSR count). The largest absolute Gasteiger partial charge is 0.329 e. The molecule has 2 aromatic carbocycles. The molecule has 8 heteroatoms. The maximum Gasteiger partial charge on any atom is 0.254 e. The fourth-order valence-corrected chi connectivity index (χ4v) is 5.12. The summed E-state index contributed by atoms with van der Waals surface area (Å²) in [7, 11) is -3.86. The lowest BCUT2D eigenvalue weighted by Gasteiger charge is -2.24. The molecule has 0 unspecified atom stereocenters. The Bertz CT molecular complexity index is 1110. The number of nitrogens with zero attached hydrogens (tertiary/aromatic N) is 2. The highest BCUT2D eigenvalue weighted by molar-refractivity contribution is 7.89. The van der Waals surface area contributed by atoms with Crippen LogP contribution in [0.25, 0.3) is 10.2 Å². The van der Waals surface area contributed by atoms with Crippen molar-refractivity contribution >= 4 is 37.5 Å². The van der Waals surface area contributed by atoms with Crippen LogP contribution in [0.1, 0.15) is 39.8 Å². The van der Waals surface area contributed by atoms with Crippen molar-refractivity contribution in [2.24, 2.45) is 5.14 Å². The minimum Gasteiger partial charge on any atom is -0.329 e. The van der Waals surface area contributed by atoms with Crippen LogP contribution < -0.4 is 5.14 Å². The smallest absolute Gasteiger partial charge is 0.254 e. The van der Waals surface area contributed by atoms with Crippen LogP contribution in [-0.2, 0) is 10.0 Å².